The van der Waals surface area contributed by atoms with Gasteiger partial charge in [-0.25, -0.2) is 0 Å². The van der Waals surface area contributed by atoms with E-state index < -0.39 is 0 Å². The second-order valence-electron chi connectivity index (χ2n) is 9.11. The first-order valence-electron chi connectivity index (χ1n) is 19.9. The number of hydrogen-bond donors (Lipinski definition) is 0. The number of hydrogen-bond acceptors (Lipinski definition) is 2. The van der Waals surface area contributed by atoms with Crippen molar-refractivity contribution in [2.45, 2.75) is 96.9 Å². The second-order valence-corrected chi connectivity index (χ2v) is 9.11. The molecule has 0 aromatic heterocycles. The molecule has 0 aliphatic carbocycles. The third kappa shape index (κ3) is 40.3. The van der Waals surface area contributed by atoms with Crippen LogP contribution in [0.4, 0.5) is 34.1 Å². The minimum Gasteiger partial charge on any atom is -0.358 e. The smallest absolute Gasteiger partial charge is 0.0462 e. The van der Waals surface area contributed by atoms with Gasteiger partial charge >= 0.3 is 0 Å². The van der Waals surface area contributed by atoms with Crippen LogP contribution in [-0.4, -0.2) is 0 Å². The standard InChI is InChI=1S/C36H28N2.7C2H6.3CH3.9Y/c1-5-13-31(14-6-1)37(32-15-7-2-8-16-32)35-25-21-29(22-26-35)30-23-27-36(28-24-30)38(33-17-9-3-10-18-33)34-19-11-4-12-20-34;7*1-2;;;;;;;;;;;;/h1-28H;7*1-2H3;3*1H3;;;;;;;;;/q;;;;;;;;3*-1;;;;;;;;;. The Bertz CT molecular complexity index is 1400. The maximum Gasteiger partial charge on any atom is 0.0462 e. The predicted octanol–water partition coefficient (Wildman–Crippen LogP) is 18.8. The summed E-state index contributed by atoms with van der Waals surface area (Å²) in [4.78, 5) is 4.56. The van der Waals surface area contributed by atoms with E-state index in [2.05, 4.69) is 180 Å². The van der Waals surface area contributed by atoms with Crippen LogP contribution in [0.5, 0.6) is 0 Å². The Labute approximate surface area is 625 Å². The molecule has 0 saturated carbocycles. The molecule has 9 radical (unpaired) electrons. The van der Waals surface area contributed by atoms with Crippen molar-refractivity contribution < 1.29 is 294 Å². The Morgan fingerprint density at radius 3 is 0.453 bits per heavy atom. The van der Waals surface area contributed by atoms with E-state index in [1.165, 1.54) is 11.1 Å². The first kappa shape index (κ1) is 105. The molecule has 0 N–H and O–H groups in total. The summed E-state index contributed by atoms with van der Waals surface area (Å²) >= 11 is 0. The van der Waals surface area contributed by atoms with E-state index in [0.29, 0.717) is 0 Å². The second kappa shape index (κ2) is 76.8. The molecule has 0 fully saturated rings. The third-order valence-electron chi connectivity index (χ3n) is 6.64. The summed E-state index contributed by atoms with van der Waals surface area (Å²) in [5.41, 5.74) is 9.18. The largest absolute Gasteiger partial charge is 0.358 e. The Morgan fingerprint density at radius 2 is 0.312 bits per heavy atom. The average molecular weight is 1540 g/mol. The van der Waals surface area contributed by atoms with Crippen LogP contribution in [0.3, 0.4) is 0 Å². The van der Waals surface area contributed by atoms with Crippen LogP contribution in [0.25, 0.3) is 11.1 Å². The molecule has 6 rings (SSSR count). The average Bonchev–Trinajstić information content (AvgIpc) is 3.28. The fourth-order valence-electron chi connectivity index (χ4n) is 4.81. The van der Waals surface area contributed by atoms with Crippen molar-refractivity contribution in [3.8, 4) is 11.1 Å². The Kier molecular flexibility index (Phi) is 126. The van der Waals surface area contributed by atoms with Crippen LogP contribution in [0, 0.1) is 22.3 Å². The van der Waals surface area contributed by atoms with E-state index in [9.17, 15) is 0 Å². The van der Waals surface area contributed by atoms with Crippen molar-refractivity contribution in [3.63, 3.8) is 0 Å². The van der Waals surface area contributed by atoms with Gasteiger partial charge in [0.05, 0.1) is 0 Å². The fraction of sp³-hybridized carbons (Fsp3) is 0.264. The molecule has 331 valence electrons. The molecular weight excluding hydrogens is 1460 g/mol. The van der Waals surface area contributed by atoms with Crippen molar-refractivity contribution in [2.75, 3.05) is 9.80 Å². The molecule has 0 unspecified atom stereocenters. The van der Waals surface area contributed by atoms with Crippen LogP contribution in [0.2, 0.25) is 0 Å². The van der Waals surface area contributed by atoms with E-state index in [0.717, 1.165) is 34.1 Å². The first-order valence-corrected chi connectivity index (χ1v) is 19.9. The van der Waals surface area contributed by atoms with Crippen molar-refractivity contribution >= 4 is 34.1 Å². The summed E-state index contributed by atoms with van der Waals surface area (Å²) in [5, 5.41) is 0. The monoisotopic (exact) mass is 1540 g/mol. The van der Waals surface area contributed by atoms with Gasteiger partial charge in [0.1, 0.15) is 0 Å². The van der Waals surface area contributed by atoms with Gasteiger partial charge in [-0.15, -0.1) is 0 Å². The Hall–Kier alpha value is 4.86. The molecule has 0 atom stereocenters. The molecule has 0 aliphatic heterocycles. The van der Waals surface area contributed by atoms with Crippen LogP contribution in [0.15, 0.2) is 170 Å². The number of rotatable bonds is 7. The zero-order valence-electron chi connectivity index (χ0n) is 43.3. The van der Waals surface area contributed by atoms with Crippen molar-refractivity contribution in [1.29, 1.82) is 0 Å². The number of benzene rings is 6. The molecule has 6 aromatic carbocycles. The SMILES string of the molecule is CC.CC.CC.CC.CC.CC.CC.[CH3-].[CH3-].[CH3-].[Y].[Y].[Y].[Y].[Y].[Y].[Y].[Y].[Y].c1ccc(N(c2ccccc2)c2ccc(-c3ccc(N(c4ccccc4)c4ccccc4)cc3)cc2)cc1. The molecule has 6 aromatic rings. The van der Waals surface area contributed by atoms with Crippen LogP contribution >= 0.6 is 0 Å². The summed E-state index contributed by atoms with van der Waals surface area (Å²) in [7, 11) is 0. The quantitative estimate of drug-likeness (QED) is 0.147. The zero-order chi connectivity index (χ0) is 39.6. The maximum atomic E-state index is 2.28. The third-order valence-corrected chi connectivity index (χ3v) is 6.64. The molecule has 0 bridgehead atoms. The molecule has 11 heteroatoms. The van der Waals surface area contributed by atoms with Gasteiger partial charge in [0.15, 0.2) is 0 Å². The number of nitrogens with zero attached hydrogens (tertiary/aromatic N) is 2. The van der Waals surface area contributed by atoms with E-state index >= 15 is 0 Å². The first-order chi connectivity index (χ1) is 25.9. The van der Waals surface area contributed by atoms with Crippen molar-refractivity contribution in [3.05, 3.63) is 192 Å². The molecule has 0 aliphatic rings. The van der Waals surface area contributed by atoms with E-state index in [4.69, 9.17) is 0 Å². The normalized spacial score (nSPS) is 6.97. The molecule has 0 amide bonds. The van der Waals surface area contributed by atoms with Gasteiger partial charge < -0.3 is 32.1 Å². The molecule has 2 nitrogen and oxygen atoms in total. The summed E-state index contributed by atoms with van der Waals surface area (Å²) in [6.07, 6.45) is 0. The predicted molar refractivity (Wildman–Crippen MR) is 260 cm³/mol. The molecule has 0 spiro atoms. The van der Waals surface area contributed by atoms with E-state index in [1.807, 2.05) is 96.9 Å². The molecule has 64 heavy (non-hydrogen) atoms. The van der Waals surface area contributed by atoms with E-state index in [1.54, 1.807) is 0 Å². The minimum absolute atomic E-state index is 0. The van der Waals surface area contributed by atoms with Crippen molar-refractivity contribution in [2.24, 2.45) is 0 Å². The van der Waals surface area contributed by atoms with E-state index in [-0.39, 0.29) is 317 Å². The summed E-state index contributed by atoms with van der Waals surface area (Å²) in [5.74, 6) is 0. The van der Waals surface area contributed by atoms with Crippen LogP contribution in [0.1, 0.15) is 96.9 Å². The van der Waals surface area contributed by atoms with Gasteiger partial charge in [-0.05, 0) is 83.9 Å². The minimum atomic E-state index is 0. The van der Waals surface area contributed by atoms with Crippen molar-refractivity contribution in [1.82, 2.24) is 0 Å². The van der Waals surface area contributed by atoms with Crippen LogP contribution in [-0.2, 0) is 294 Å². The zero-order valence-corrected chi connectivity index (χ0v) is 68.8. The Morgan fingerprint density at radius 1 is 0.188 bits per heavy atom. The van der Waals surface area contributed by atoms with Gasteiger partial charge in [-0.3, -0.25) is 0 Å². The van der Waals surface area contributed by atoms with Gasteiger partial charge in [0.25, 0.3) is 0 Å². The maximum absolute atomic E-state index is 2.28. The molecular formula is C53H79N2Y9-3. The summed E-state index contributed by atoms with van der Waals surface area (Å²) in [6.45, 7) is 28.0. The van der Waals surface area contributed by atoms with Gasteiger partial charge in [0.2, 0.25) is 0 Å². The number of anilines is 6. The van der Waals surface area contributed by atoms with Crippen LogP contribution < -0.4 is 9.80 Å². The number of para-hydroxylation sites is 4. The van der Waals surface area contributed by atoms with Gasteiger partial charge in [0, 0.05) is 329 Å². The summed E-state index contributed by atoms with van der Waals surface area (Å²) < 4.78 is 0. The summed E-state index contributed by atoms with van der Waals surface area (Å²) in [6, 6.07) is 59.6. The van der Waals surface area contributed by atoms with Gasteiger partial charge in [-0.1, -0.05) is 194 Å². The molecule has 0 saturated heterocycles. The van der Waals surface area contributed by atoms with Gasteiger partial charge in [-0.2, -0.15) is 0 Å². The molecule has 0 heterocycles. The topological polar surface area (TPSA) is 6.48 Å². The Balaban J connectivity index is -0.0000000736. The fourth-order valence-corrected chi connectivity index (χ4v) is 4.81.